The molecule has 0 atom stereocenters. The largest absolute Gasteiger partial charge is 0.236 e. The molecule has 0 bridgehead atoms. The lowest BCUT2D eigenvalue weighted by molar-refractivity contribution is 0.296. The van der Waals surface area contributed by atoms with Crippen LogP contribution >= 0.6 is 11.6 Å². The molecular weight excluding hydrogens is 335 g/mol. The molecule has 0 spiro atoms. The fourth-order valence-electron chi connectivity index (χ4n) is 3.58. The molecule has 25 heavy (non-hydrogen) atoms. The molecule has 0 aliphatic heterocycles. The van der Waals surface area contributed by atoms with Crippen LogP contribution < -0.4 is 0 Å². The summed E-state index contributed by atoms with van der Waals surface area (Å²) in [6, 6.07) is 4.65. The van der Waals surface area contributed by atoms with Crippen molar-refractivity contribution < 1.29 is 4.39 Å². The van der Waals surface area contributed by atoms with Crippen molar-refractivity contribution in [2.75, 3.05) is 0 Å². The van der Waals surface area contributed by atoms with Gasteiger partial charge >= 0.3 is 0 Å². The highest BCUT2D eigenvalue weighted by Crippen LogP contribution is 2.32. The van der Waals surface area contributed by atoms with Crippen LogP contribution in [-0.2, 0) is 6.42 Å². The van der Waals surface area contributed by atoms with Crippen LogP contribution in [0.3, 0.4) is 0 Å². The SMILES string of the molecule is CC=CC1CCC(CCc2cnc(-c3ccc(Cl)c(F)c3)nc2)CC1. The number of hydrogen-bond donors (Lipinski definition) is 0. The molecule has 1 fully saturated rings. The Morgan fingerprint density at radius 3 is 2.52 bits per heavy atom. The Labute approximate surface area is 154 Å². The number of allylic oxidation sites excluding steroid dienone is 2. The van der Waals surface area contributed by atoms with E-state index in [1.165, 1.54) is 44.2 Å². The molecule has 2 nitrogen and oxygen atoms in total. The van der Waals surface area contributed by atoms with Crippen molar-refractivity contribution in [2.45, 2.75) is 45.4 Å². The molecule has 1 saturated carbocycles. The highest BCUT2D eigenvalue weighted by Gasteiger charge is 2.19. The summed E-state index contributed by atoms with van der Waals surface area (Å²) in [7, 11) is 0. The van der Waals surface area contributed by atoms with E-state index in [4.69, 9.17) is 11.6 Å². The van der Waals surface area contributed by atoms with Gasteiger partial charge in [0.15, 0.2) is 5.82 Å². The Morgan fingerprint density at radius 1 is 1.16 bits per heavy atom. The van der Waals surface area contributed by atoms with Crippen LogP contribution in [0.1, 0.15) is 44.6 Å². The Bertz CT molecular complexity index is 719. The fraction of sp³-hybridized carbons (Fsp3) is 0.429. The summed E-state index contributed by atoms with van der Waals surface area (Å²) in [6.45, 7) is 2.11. The van der Waals surface area contributed by atoms with E-state index >= 15 is 0 Å². The van der Waals surface area contributed by atoms with E-state index in [-0.39, 0.29) is 5.02 Å². The van der Waals surface area contributed by atoms with E-state index in [0.717, 1.165) is 23.8 Å². The summed E-state index contributed by atoms with van der Waals surface area (Å²) < 4.78 is 13.6. The van der Waals surface area contributed by atoms with Gasteiger partial charge in [0.25, 0.3) is 0 Å². The molecule has 3 rings (SSSR count). The zero-order chi connectivity index (χ0) is 17.6. The lowest BCUT2D eigenvalue weighted by atomic mass is 9.79. The number of rotatable bonds is 5. The number of halogens is 2. The molecule has 0 unspecified atom stereocenters. The van der Waals surface area contributed by atoms with Crippen molar-refractivity contribution in [1.29, 1.82) is 0 Å². The van der Waals surface area contributed by atoms with Crippen LogP contribution in [0.25, 0.3) is 11.4 Å². The van der Waals surface area contributed by atoms with Crippen molar-refractivity contribution in [1.82, 2.24) is 9.97 Å². The molecule has 1 aromatic carbocycles. The second kappa shape index (κ2) is 8.57. The highest BCUT2D eigenvalue weighted by molar-refractivity contribution is 6.30. The third-order valence-electron chi connectivity index (χ3n) is 5.08. The average molecular weight is 359 g/mol. The van der Waals surface area contributed by atoms with Gasteiger partial charge in [-0.25, -0.2) is 14.4 Å². The van der Waals surface area contributed by atoms with Gasteiger partial charge in [0, 0.05) is 18.0 Å². The van der Waals surface area contributed by atoms with Gasteiger partial charge in [-0.1, -0.05) is 23.8 Å². The second-order valence-corrected chi connectivity index (χ2v) is 7.30. The Balaban J connectivity index is 1.54. The summed E-state index contributed by atoms with van der Waals surface area (Å²) in [5.41, 5.74) is 1.80. The minimum Gasteiger partial charge on any atom is -0.236 e. The summed E-state index contributed by atoms with van der Waals surface area (Å²) in [5.74, 6) is 1.68. The van der Waals surface area contributed by atoms with Crippen LogP contribution in [0.15, 0.2) is 42.7 Å². The standard InChI is InChI=1S/C21H24ClFN2/c1-2-3-15-4-6-16(7-5-15)8-9-17-13-24-21(25-14-17)18-10-11-19(22)20(23)12-18/h2-3,10-16H,4-9H2,1H3. The number of nitrogens with zero attached hydrogens (tertiary/aromatic N) is 2. The summed E-state index contributed by atoms with van der Waals surface area (Å²) in [5, 5.41) is 0.115. The summed E-state index contributed by atoms with van der Waals surface area (Å²) in [4.78, 5) is 8.78. The average Bonchev–Trinajstić information content (AvgIpc) is 2.64. The minimum atomic E-state index is -0.444. The minimum absolute atomic E-state index is 0.115. The lowest BCUT2D eigenvalue weighted by Crippen LogP contribution is -2.13. The van der Waals surface area contributed by atoms with E-state index in [2.05, 4.69) is 29.0 Å². The monoisotopic (exact) mass is 358 g/mol. The summed E-state index contributed by atoms with van der Waals surface area (Å²) in [6.07, 6.45) is 15.7. The van der Waals surface area contributed by atoms with Gasteiger partial charge in [-0.15, -0.1) is 0 Å². The van der Waals surface area contributed by atoms with Gasteiger partial charge in [0.05, 0.1) is 5.02 Å². The third-order valence-corrected chi connectivity index (χ3v) is 5.39. The van der Waals surface area contributed by atoms with Crippen LogP contribution in [0, 0.1) is 17.7 Å². The normalized spacial score (nSPS) is 20.9. The van der Waals surface area contributed by atoms with Crippen LogP contribution in [0.5, 0.6) is 0 Å². The molecule has 0 N–H and O–H groups in total. The molecule has 1 aromatic heterocycles. The molecule has 4 heteroatoms. The Hall–Kier alpha value is -1.74. The van der Waals surface area contributed by atoms with Crippen molar-refractivity contribution in [3.05, 3.63) is 59.1 Å². The van der Waals surface area contributed by atoms with Crippen LogP contribution in [0.4, 0.5) is 4.39 Å². The maximum absolute atomic E-state index is 13.6. The molecule has 0 amide bonds. The molecule has 1 heterocycles. The van der Waals surface area contributed by atoms with Crippen molar-refractivity contribution >= 4 is 11.6 Å². The van der Waals surface area contributed by atoms with E-state index in [1.54, 1.807) is 6.07 Å². The van der Waals surface area contributed by atoms with Crippen molar-refractivity contribution in [2.24, 2.45) is 11.8 Å². The number of aryl methyl sites for hydroxylation is 1. The molecule has 132 valence electrons. The first-order valence-corrected chi connectivity index (χ1v) is 9.42. The van der Waals surface area contributed by atoms with Gasteiger partial charge in [0.2, 0.25) is 0 Å². The van der Waals surface area contributed by atoms with E-state index in [1.807, 2.05) is 12.4 Å². The Morgan fingerprint density at radius 2 is 1.88 bits per heavy atom. The number of benzene rings is 1. The first-order valence-electron chi connectivity index (χ1n) is 9.05. The van der Waals surface area contributed by atoms with Gasteiger partial charge < -0.3 is 0 Å². The molecule has 2 aromatic rings. The molecule has 0 radical (unpaired) electrons. The Kier molecular flexibility index (Phi) is 6.19. The molecule has 1 aliphatic rings. The zero-order valence-corrected chi connectivity index (χ0v) is 15.3. The fourth-order valence-corrected chi connectivity index (χ4v) is 3.70. The molecule has 1 aliphatic carbocycles. The van der Waals surface area contributed by atoms with E-state index < -0.39 is 5.82 Å². The van der Waals surface area contributed by atoms with Gasteiger partial charge in [-0.2, -0.15) is 0 Å². The first kappa shape index (κ1) is 18.1. The molecular formula is C21H24ClFN2. The van der Waals surface area contributed by atoms with Crippen LogP contribution in [0.2, 0.25) is 5.02 Å². The topological polar surface area (TPSA) is 25.8 Å². The predicted octanol–water partition coefficient (Wildman–Crippen LogP) is 6.25. The van der Waals surface area contributed by atoms with Crippen LogP contribution in [-0.4, -0.2) is 9.97 Å². The zero-order valence-electron chi connectivity index (χ0n) is 14.6. The van der Waals surface area contributed by atoms with Crippen molar-refractivity contribution in [3.8, 4) is 11.4 Å². The third kappa shape index (κ3) is 4.88. The number of aromatic nitrogens is 2. The quantitative estimate of drug-likeness (QED) is 0.590. The van der Waals surface area contributed by atoms with Crippen molar-refractivity contribution in [3.63, 3.8) is 0 Å². The maximum Gasteiger partial charge on any atom is 0.159 e. The summed E-state index contributed by atoms with van der Waals surface area (Å²) >= 11 is 5.72. The molecule has 0 saturated heterocycles. The number of hydrogen-bond acceptors (Lipinski definition) is 2. The highest BCUT2D eigenvalue weighted by atomic mass is 35.5. The van der Waals surface area contributed by atoms with E-state index in [9.17, 15) is 4.39 Å². The van der Waals surface area contributed by atoms with Gasteiger partial charge in [-0.3, -0.25) is 0 Å². The first-order chi connectivity index (χ1) is 12.2. The predicted molar refractivity (Wildman–Crippen MR) is 101 cm³/mol. The van der Waals surface area contributed by atoms with Gasteiger partial charge in [-0.05, 0) is 81.0 Å². The van der Waals surface area contributed by atoms with Gasteiger partial charge in [0.1, 0.15) is 5.82 Å². The maximum atomic E-state index is 13.6. The lowest BCUT2D eigenvalue weighted by Gasteiger charge is -2.26. The smallest absolute Gasteiger partial charge is 0.159 e. The second-order valence-electron chi connectivity index (χ2n) is 6.89. The van der Waals surface area contributed by atoms with E-state index in [0.29, 0.717) is 11.4 Å².